The summed E-state index contributed by atoms with van der Waals surface area (Å²) >= 11 is 5.92. The first kappa shape index (κ1) is 20.8. The van der Waals surface area contributed by atoms with E-state index >= 15 is 0 Å². The number of aromatic nitrogens is 1. The lowest BCUT2D eigenvalue weighted by Crippen LogP contribution is -2.32. The normalized spacial score (nSPS) is 17.9. The highest BCUT2D eigenvalue weighted by Crippen LogP contribution is 2.38. The van der Waals surface area contributed by atoms with Crippen molar-refractivity contribution in [3.05, 3.63) is 106 Å². The molecule has 3 aromatic rings. The largest absolute Gasteiger partial charge is 0.507 e. The Balaban J connectivity index is 1.74. The monoisotopic (exact) mass is 436 g/mol. The molecule has 1 unspecified atom stereocenters. The summed E-state index contributed by atoms with van der Waals surface area (Å²) in [5.41, 5.74) is 1.64. The topological polar surface area (TPSA) is 70.5 Å². The van der Waals surface area contributed by atoms with E-state index in [4.69, 9.17) is 11.6 Å². The summed E-state index contributed by atoms with van der Waals surface area (Å²) in [6.07, 6.45) is 1.98. The molecule has 2 heterocycles. The molecule has 0 saturated carbocycles. The Hall–Kier alpha value is -3.51. The number of hydrogen-bond acceptors (Lipinski definition) is 4. The van der Waals surface area contributed by atoms with E-state index in [0.717, 1.165) is 5.56 Å². The van der Waals surface area contributed by atoms with Gasteiger partial charge in [-0.05, 0) is 60.5 Å². The van der Waals surface area contributed by atoms with E-state index in [0.29, 0.717) is 22.7 Å². The number of benzene rings is 2. The number of aliphatic hydroxyl groups excluding tert-OH is 1. The van der Waals surface area contributed by atoms with Gasteiger partial charge in [-0.3, -0.25) is 14.6 Å². The molecule has 1 fully saturated rings. The highest BCUT2D eigenvalue weighted by Gasteiger charge is 2.46. The summed E-state index contributed by atoms with van der Waals surface area (Å²) < 4.78 is 13.2. The zero-order valence-electron chi connectivity index (χ0n) is 16.3. The summed E-state index contributed by atoms with van der Waals surface area (Å²) in [7, 11) is 0. The number of halogens is 2. The van der Waals surface area contributed by atoms with Crippen molar-refractivity contribution in [1.29, 1.82) is 0 Å². The Labute approximate surface area is 183 Å². The first-order valence-electron chi connectivity index (χ1n) is 9.65. The van der Waals surface area contributed by atoms with Gasteiger partial charge in [-0.2, -0.15) is 0 Å². The lowest BCUT2D eigenvalue weighted by Gasteiger charge is -2.24. The molecule has 1 atom stereocenters. The van der Waals surface area contributed by atoms with Gasteiger partial charge in [0.05, 0.1) is 11.3 Å². The third-order valence-corrected chi connectivity index (χ3v) is 5.43. The lowest BCUT2D eigenvalue weighted by molar-refractivity contribution is -0.139. The van der Waals surface area contributed by atoms with E-state index in [9.17, 15) is 19.1 Å². The van der Waals surface area contributed by atoms with Gasteiger partial charge in [0.25, 0.3) is 11.7 Å². The van der Waals surface area contributed by atoms with E-state index < -0.39 is 17.7 Å². The maximum atomic E-state index is 13.2. The van der Waals surface area contributed by atoms with E-state index in [1.165, 1.54) is 17.0 Å². The SMILES string of the molecule is O=C1C(=O)N(CCc2ccc(F)cc2)C(c2ccccn2)/C1=C(/O)c1ccc(Cl)cc1. The number of ketones is 1. The Bertz CT molecular complexity index is 1150. The van der Waals surface area contributed by atoms with Crippen LogP contribution in [-0.4, -0.2) is 33.2 Å². The Morgan fingerprint density at radius 2 is 1.74 bits per heavy atom. The van der Waals surface area contributed by atoms with Crippen LogP contribution in [0, 0.1) is 5.82 Å². The molecule has 7 heteroatoms. The fourth-order valence-corrected chi connectivity index (χ4v) is 3.75. The van der Waals surface area contributed by atoms with Crippen molar-refractivity contribution in [2.24, 2.45) is 0 Å². The van der Waals surface area contributed by atoms with Gasteiger partial charge < -0.3 is 10.0 Å². The van der Waals surface area contributed by atoms with Gasteiger partial charge in [0.2, 0.25) is 0 Å². The number of likely N-dealkylation sites (tertiary alicyclic amines) is 1. The summed E-state index contributed by atoms with van der Waals surface area (Å²) in [5, 5.41) is 11.4. The highest BCUT2D eigenvalue weighted by atomic mass is 35.5. The van der Waals surface area contributed by atoms with Gasteiger partial charge in [-0.25, -0.2) is 4.39 Å². The molecule has 4 rings (SSSR count). The maximum absolute atomic E-state index is 13.2. The number of rotatable bonds is 5. The molecule has 0 spiro atoms. The Kier molecular flexibility index (Phi) is 5.82. The van der Waals surface area contributed by atoms with Crippen LogP contribution in [0.15, 0.2) is 78.5 Å². The number of aliphatic hydroxyl groups is 1. The van der Waals surface area contributed by atoms with Crippen molar-refractivity contribution in [2.45, 2.75) is 12.5 Å². The molecule has 1 aliphatic heterocycles. The van der Waals surface area contributed by atoms with Crippen molar-refractivity contribution in [2.75, 3.05) is 6.54 Å². The van der Waals surface area contributed by atoms with Crippen LogP contribution in [0.1, 0.15) is 22.9 Å². The first-order valence-corrected chi connectivity index (χ1v) is 10.0. The second-order valence-corrected chi connectivity index (χ2v) is 7.57. The number of nitrogens with zero attached hydrogens (tertiary/aromatic N) is 2. The number of hydrogen-bond donors (Lipinski definition) is 1. The molecule has 0 aliphatic carbocycles. The average molecular weight is 437 g/mol. The number of Topliss-reactive ketones (excluding diaryl/α,β-unsaturated/α-hetero) is 1. The van der Waals surface area contributed by atoms with E-state index in [-0.39, 0.29) is 23.7 Å². The first-order chi connectivity index (χ1) is 15.0. The predicted molar refractivity (Wildman–Crippen MR) is 115 cm³/mol. The smallest absolute Gasteiger partial charge is 0.295 e. The molecule has 1 aromatic heterocycles. The molecule has 0 bridgehead atoms. The zero-order valence-corrected chi connectivity index (χ0v) is 17.1. The van der Waals surface area contributed by atoms with Crippen LogP contribution in [-0.2, 0) is 16.0 Å². The molecule has 1 amide bonds. The van der Waals surface area contributed by atoms with Crippen LogP contribution in [0.4, 0.5) is 4.39 Å². The van der Waals surface area contributed by atoms with E-state index in [2.05, 4.69) is 4.98 Å². The second-order valence-electron chi connectivity index (χ2n) is 7.13. The van der Waals surface area contributed by atoms with Crippen LogP contribution in [0.5, 0.6) is 0 Å². The van der Waals surface area contributed by atoms with Crippen LogP contribution in [0.3, 0.4) is 0 Å². The van der Waals surface area contributed by atoms with Gasteiger partial charge in [0.15, 0.2) is 0 Å². The summed E-state index contributed by atoms with van der Waals surface area (Å²) in [4.78, 5) is 31.5. The van der Waals surface area contributed by atoms with Crippen molar-refractivity contribution in [1.82, 2.24) is 9.88 Å². The van der Waals surface area contributed by atoms with Crippen LogP contribution in [0.25, 0.3) is 5.76 Å². The number of pyridine rings is 1. The van der Waals surface area contributed by atoms with E-state index in [1.807, 2.05) is 0 Å². The van der Waals surface area contributed by atoms with Gasteiger partial charge in [0.1, 0.15) is 17.6 Å². The van der Waals surface area contributed by atoms with Crippen molar-refractivity contribution in [3.8, 4) is 0 Å². The minimum atomic E-state index is -0.836. The van der Waals surface area contributed by atoms with Gasteiger partial charge in [-0.15, -0.1) is 0 Å². The van der Waals surface area contributed by atoms with Crippen LogP contribution >= 0.6 is 11.6 Å². The quantitative estimate of drug-likeness (QED) is 0.362. The molecule has 2 aromatic carbocycles. The minimum Gasteiger partial charge on any atom is -0.507 e. The van der Waals surface area contributed by atoms with E-state index in [1.54, 1.807) is 60.8 Å². The highest BCUT2D eigenvalue weighted by molar-refractivity contribution is 6.46. The number of carbonyl (C=O) groups excluding carboxylic acids is 2. The summed E-state index contributed by atoms with van der Waals surface area (Å²) in [6, 6.07) is 16.7. The maximum Gasteiger partial charge on any atom is 0.295 e. The zero-order chi connectivity index (χ0) is 22.0. The Morgan fingerprint density at radius 3 is 2.39 bits per heavy atom. The predicted octanol–water partition coefficient (Wildman–Crippen LogP) is 4.54. The standard InChI is InChI=1S/C24H18ClFN2O3/c25-17-8-6-16(7-9-17)22(29)20-21(19-3-1-2-13-27-19)28(24(31)23(20)30)14-12-15-4-10-18(26)11-5-15/h1-11,13,21,29H,12,14H2/b22-20-. The molecule has 1 N–H and O–H groups in total. The minimum absolute atomic E-state index is 0.0230. The molecule has 1 saturated heterocycles. The lowest BCUT2D eigenvalue weighted by atomic mass is 9.98. The third-order valence-electron chi connectivity index (χ3n) is 5.18. The van der Waals surface area contributed by atoms with Gasteiger partial charge in [0, 0.05) is 23.3 Å². The molecule has 1 aliphatic rings. The molecular formula is C24H18ClFN2O3. The summed E-state index contributed by atoms with van der Waals surface area (Å²) in [5.74, 6) is -2.12. The average Bonchev–Trinajstić information content (AvgIpc) is 3.04. The Morgan fingerprint density at radius 1 is 1.03 bits per heavy atom. The van der Waals surface area contributed by atoms with Crippen molar-refractivity contribution < 1.29 is 19.1 Å². The number of amides is 1. The van der Waals surface area contributed by atoms with Crippen molar-refractivity contribution in [3.63, 3.8) is 0 Å². The molecular weight excluding hydrogens is 419 g/mol. The number of carbonyl (C=O) groups is 2. The molecule has 31 heavy (non-hydrogen) atoms. The molecule has 5 nitrogen and oxygen atoms in total. The fraction of sp³-hybridized carbons (Fsp3) is 0.125. The van der Waals surface area contributed by atoms with Crippen molar-refractivity contribution >= 4 is 29.1 Å². The fourth-order valence-electron chi connectivity index (χ4n) is 3.62. The molecule has 156 valence electrons. The van der Waals surface area contributed by atoms with Gasteiger partial charge in [-0.1, -0.05) is 29.8 Å². The molecule has 0 radical (unpaired) electrons. The van der Waals surface area contributed by atoms with Crippen LogP contribution < -0.4 is 0 Å². The second kappa shape index (κ2) is 8.70. The van der Waals surface area contributed by atoms with Gasteiger partial charge >= 0.3 is 0 Å². The third kappa shape index (κ3) is 4.20. The summed E-state index contributed by atoms with van der Waals surface area (Å²) in [6.45, 7) is 0.203. The van der Waals surface area contributed by atoms with Crippen LogP contribution in [0.2, 0.25) is 5.02 Å².